The first-order valence-electron chi connectivity index (χ1n) is 8.10. The van der Waals surface area contributed by atoms with Gasteiger partial charge >= 0.3 is 6.03 Å². The number of hydrogen-bond donors (Lipinski definition) is 2. The van der Waals surface area contributed by atoms with Crippen molar-refractivity contribution < 1.29 is 19.1 Å². The van der Waals surface area contributed by atoms with E-state index in [2.05, 4.69) is 15.6 Å². The molecule has 8 nitrogen and oxygen atoms in total. The molecule has 8 heteroatoms. The number of carbonyl (C=O) groups excluding carboxylic acids is 2. The monoisotopic (exact) mass is 356 g/mol. The van der Waals surface area contributed by atoms with Crippen LogP contribution in [0.4, 0.5) is 16.2 Å². The molecule has 1 fully saturated rings. The maximum absolute atomic E-state index is 12.4. The van der Waals surface area contributed by atoms with Crippen molar-refractivity contribution in [2.75, 3.05) is 31.0 Å². The zero-order chi connectivity index (χ0) is 18.5. The number of amides is 3. The van der Waals surface area contributed by atoms with Gasteiger partial charge in [-0.05, 0) is 24.3 Å². The average molecular weight is 356 g/mol. The van der Waals surface area contributed by atoms with Crippen LogP contribution < -0.4 is 25.0 Å². The van der Waals surface area contributed by atoms with Crippen molar-refractivity contribution in [3.05, 3.63) is 42.7 Å². The zero-order valence-electron chi connectivity index (χ0n) is 14.6. The summed E-state index contributed by atoms with van der Waals surface area (Å²) in [6.07, 6.45) is 3.41. The van der Waals surface area contributed by atoms with Gasteiger partial charge in [-0.15, -0.1) is 0 Å². The number of aromatic nitrogens is 1. The topological polar surface area (TPSA) is 92.8 Å². The van der Waals surface area contributed by atoms with Gasteiger partial charge in [-0.3, -0.25) is 9.78 Å². The summed E-state index contributed by atoms with van der Waals surface area (Å²) in [7, 11) is 3.10. The summed E-state index contributed by atoms with van der Waals surface area (Å²) in [6, 6.07) is 8.09. The fourth-order valence-electron chi connectivity index (χ4n) is 2.84. The molecule has 0 radical (unpaired) electrons. The van der Waals surface area contributed by atoms with Crippen LogP contribution in [0.1, 0.15) is 6.42 Å². The molecule has 0 unspecified atom stereocenters. The van der Waals surface area contributed by atoms with Crippen LogP contribution in [0.5, 0.6) is 11.5 Å². The van der Waals surface area contributed by atoms with Crippen molar-refractivity contribution in [2.24, 2.45) is 0 Å². The highest BCUT2D eigenvalue weighted by Gasteiger charge is 2.32. The summed E-state index contributed by atoms with van der Waals surface area (Å²) < 4.78 is 10.5. The van der Waals surface area contributed by atoms with Crippen LogP contribution in [-0.2, 0) is 4.79 Å². The molecule has 0 spiro atoms. The van der Waals surface area contributed by atoms with Crippen LogP contribution in [0.3, 0.4) is 0 Å². The molecule has 0 bridgehead atoms. The summed E-state index contributed by atoms with van der Waals surface area (Å²) in [5, 5.41) is 5.51. The largest absolute Gasteiger partial charge is 0.493 e. The van der Waals surface area contributed by atoms with E-state index in [4.69, 9.17) is 9.47 Å². The molecule has 2 aromatic rings. The lowest BCUT2D eigenvalue weighted by Crippen LogP contribution is -2.39. The van der Waals surface area contributed by atoms with Crippen LogP contribution in [0.2, 0.25) is 0 Å². The first-order valence-corrected chi connectivity index (χ1v) is 8.10. The van der Waals surface area contributed by atoms with Gasteiger partial charge < -0.3 is 25.0 Å². The SMILES string of the molecule is COc1ccc(N2C[C@@H](NC(=O)Nc3cccnc3)CC2=O)cc1OC. The predicted molar refractivity (Wildman–Crippen MR) is 96.7 cm³/mol. The summed E-state index contributed by atoms with van der Waals surface area (Å²) in [5.41, 5.74) is 1.29. The number of benzene rings is 1. The molecule has 1 aromatic heterocycles. The highest BCUT2D eigenvalue weighted by Crippen LogP contribution is 2.33. The fourth-order valence-corrected chi connectivity index (χ4v) is 2.84. The number of nitrogens with one attached hydrogen (secondary N) is 2. The van der Waals surface area contributed by atoms with Crippen molar-refractivity contribution in [3.8, 4) is 11.5 Å². The Balaban J connectivity index is 1.64. The molecule has 1 aliphatic rings. The number of hydrogen-bond acceptors (Lipinski definition) is 5. The molecule has 3 rings (SSSR count). The standard InChI is InChI=1S/C18H20N4O4/c1-25-15-6-5-14(9-16(15)26-2)22-11-13(8-17(22)23)21-18(24)20-12-4-3-7-19-10-12/h3-7,9-10,13H,8,11H2,1-2H3,(H2,20,21,24)/t13-/m0/s1. The number of ether oxygens (including phenoxy) is 2. The summed E-state index contributed by atoms with van der Waals surface area (Å²) in [5.74, 6) is 1.07. The molecule has 3 amide bonds. The smallest absolute Gasteiger partial charge is 0.319 e. The van der Waals surface area contributed by atoms with Crippen LogP contribution in [0, 0.1) is 0 Å². The Labute approximate surface area is 151 Å². The molecular formula is C18H20N4O4. The van der Waals surface area contributed by atoms with E-state index in [0.717, 1.165) is 0 Å². The molecule has 2 heterocycles. The molecule has 2 N–H and O–H groups in total. The molecule has 136 valence electrons. The minimum atomic E-state index is -0.370. The van der Waals surface area contributed by atoms with E-state index in [0.29, 0.717) is 29.4 Å². The molecule has 0 saturated carbocycles. The van der Waals surface area contributed by atoms with E-state index >= 15 is 0 Å². The molecule has 1 aromatic carbocycles. The van der Waals surface area contributed by atoms with E-state index in [-0.39, 0.29) is 24.4 Å². The minimum Gasteiger partial charge on any atom is -0.493 e. The Morgan fingerprint density at radius 2 is 2.04 bits per heavy atom. The summed E-state index contributed by atoms with van der Waals surface area (Å²) >= 11 is 0. The molecule has 1 saturated heterocycles. The van der Waals surface area contributed by atoms with Gasteiger partial charge in [-0.25, -0.2) is 4.79 Å². The molecule has 0 aliphatic carbocycles. The van der Waals surface area contributed by atoms with Gasteiger partial charge in [0.2, 0.25) is 5.91 Å². The van der Waals surface area contributed by atoms with Crippen molar-refractivity contribution >= 4 is 23.3 Å². The number of methoxy groups -OCH3 is 2. The van der Waals surface area contributed by atoms with Gasteiger partial charge in [0, 0.05) is 30.9 Å². The van der Waals surface area contributed by atoms with Gasteiger partial charge in [0.25, 0.3) is 0 Å². The van der Waals surface area contributed by atoms with Gasteiger partial charge in [0.1, 0.15) is 0 Å². The van der Waals surface area contributed by atoms with E-state index in [1.807, 2.05) is 0 Å². The van der Waals surface area contributed by atoms with E-state index < -0.39 is 0 Å². The van der Waals surface area contributed by atoms with E-state index in [1.165, 1.54) is 0 Å². The van der Waals surface area contributed by atoms with Gasteiger partial charge in [0.15, 0.2) is 11.5 Å². The second-order valence-corrected chi connectivity index (χ2v) is 5.78. The van der Waals surface area contributed by atoms with Crippen LogP contribution in [-0.4, -0.2) is 43.7 Å². The third kappa shape index (κ3) is 3.85. The van der Waals surface area contributed by atoms with Crippen LogP contribution in [0.15, 0.2) is 42.7 Å². The minimum absolute atomic E-state index is 0.0658. The summed E-state index contributed by atoms with van der Waals surface area (Å²) in [4.78, 5) is 30.0. The number of anilines is 2. The Kier molecular flexibility index (Phi) is 5.21. The lowest BCUT2D eigenvalue weighted by molar-refractivity contribution is -0.117. The lowest BCUT2D eigenvalue weighted by Gasteiger charge is -2.19. The first-order chi connectivity index (χ1) is 12.6. The fraction of sp³-hybridized carbons (Fsp3) is 0.278. The maximum atomic E-state index is 12.4. The van der Waals surface area contributed by atoms with Crippen molar-refractivity contribution in [3.63, 3.8) is 0 Å². The maximum Gasteiger partial charge on any atom is 0.319 e. The number of urea groups is 1. The molecular weight excluding hydrogens is 336 g/mol. The van der Waals surface area contributed by atoms with Crippen molar-refractivity contribution in [1.29, 1.82) is 0 Å². The Morgan fingerprint density at radius 3 is 2.73 bits per heavy atom. The third-order valence-corrected chi connectivity index (χ3v) is 4.06. The average Bonchev–Trinajstić information content (AvgIpc) is 3.01. The predicted octanol–water partition coefficient (Wildman–Crippen LogP) is 2.03. The number of nitrogens with zero attached hydrogens (tertiary/aromatic N) is 2. The third-order valence-electron chi connectivity index (χ3n) is 4.06. The van der Waals surface area contributed by atoms with Gasteiger partial charge in [-0.2, -0.15) is 0 Å². The number of pyridine rings is 1. The molecule has 1 aliphatic heterocycles. The van der Waals surface area contributed by atoms with E-state index in [1.54, 1.807) is 61.8 Å². The zero-order valence-corrected chi connectivity index (χ0v) is 14.6. The highest BCUT2D eigenvalue weighted by atomic mass is 16.5. The Hall–Kier alpha value is -3.29. The van der Waals surface area contributed by atoms with E-state index in [9.17, 15) is 9.59 Å². The molecule has 1 atom stereocenters. The normalized spacial score (nSPS) is 16.3. The Morgan fingerprint density at radius 1 is 1.23 bits per heavy atom. The lowest BCUT2D eigenvalue weighted by atomic mass is 10.2. The second-order valence-electron chi connectivity index (χ2n) is 5.78. The van der Waals surface area contributed by atoms with Crippen molar-refractivity contribution in [1.82, 2.24) is 10.3 Å². The number of carbonyl (C=O) groups is 2. The van der Waals surface area contributed by atoms with Crippen LogP contribution in [0.25, 0.3) is 0 Å². The Bertz CT molecular complexity index is 797. The number of rotatable bonds is 5. The summed E-state index contributed by atoms with van der Waals surface area (Å²) in [6.45, 7) is 0.384. The molecule has 26 heavy (non-hydrogen) atoms. The van der Waals surface area contributed by atoms with Gasteiger partial charge in [-0.1, -0.05) is 0 Å². The first kappa shape index (κ1) is 17.5. The van der Waals surface area contributed by atoms with Gasteiger partial charge in [0.05, 0.1) is 32.1 Å². The highest BCUT2D eigenvalue weighted by molar-refractivity contribution is 5.98. The van der Waals surface area contributed by atoms with Crippen LogP contribution >= 0.6 is 0 Å². The quantitative estimate of drug-likeness (QED) is 0.855. The van der Waals surface area contributed by atoms with Crippen molar-refractivity contribution in [2.45, 2.75) is 12.5 Å². The second kappa shape index (κ2) is 7.73.